The molecule has 5 rings (SSSR count). The van der Waals surface area contributed by atoms with Gasteiger partial charge in [-0.2, -0.15) is 0 Å². The SMILES string of the molecule is CCOc1ccc(NC(=O)[C@H]2[C@@H]3SC4(CC3Br)C(C(=O)NCc3ccccc3)N([C@@H](CC)CO)C(=O)[C@H]24)cc1. The van der Waals surface area contributed by atoms with E-state index in [1.807, 2.05) is 44.2 Å². The van der Waals surface area contributed by atoms with Gasteiger partial charge in [-0.25, -0.2) is 0 Å². The Kier molecular flexibility index (Phi) is 8.26. The van der Waals surface area contributed by atoms with Crippen molar-refractivity contribution in [3.63, 3.8) is 0 Å². The monoisotopic (exact) mass is 615 g/mol. The molecule has 3 amide bonds. The molecule has 3 fully saturated rings. The zero-order chi connectivity index (χ0) is 27.7. The fourth-order valence-corrected chi connectivity index (χ4v) is 9.98. The molecule has 0 aliphatic carbocycles. The number of amides is 3. The van der Waals surface area contributed by atoms with Gasteiger partial charge in [0.1, 0.15) is 11.8 Å². The minimum Gasteiger partial charge on any atom is -0.494 e. The third-order valence-corrected chi connectivity index (χ3v) is 11.3. The maximum absolute atomic E-state index is 14.1. The first-order valence-electron chi connectivity index (χ1n) is 13.4. The Labute approximate surface area is 241 Å². The van der Waals surface area contributed by atoms with Crippen LogP contribution in [0.25, 0.3) is 0 Å². The number of hydrogen-bond donors (Lipinski definition) is 3. The molecule has 3 aliphatic rings. The third kappa shape index (κ3) is 4.95. The van der Waals surface area contributed by atoms with Crippen molar-refractivity contribution < 1.29 is 24.2 Å². The normalized spacial score (nSPS) is 29.7. The number of rotatable bonds is 10. The second-order valence-electron chi connectivity index (χ2n) is 10.3. The molecule has 208 valence electrons. The molecule has 10 heteroatoms. The predicted molar refractivity (Wildman–Crippen MR) is 155 cm³/mol. The highest BCUT2D eigenvalue weighted by atomic mass is 79.9. The fraction of sp³-hybridized carbons (Fsp3) is 0.483. The molecular weight excluding hydrogens is 582 g/mol. The van der Waals surface area contributed by atoms with Crippen molar-refractivity contribution in [1.82, 2.24) is 10.2 Å². The number of hydrogen-bond acceptors (Lipinski definition) is 6. The number of carbonyl (C=O) groups excluding carboxylic acids is 3. The summed E-state index contributed by atoms with van der Waals surface area (Å²) < 4.78 is 4.73. The number of benzene rings is 2. The number of carbonyl (C=O) groups is 3. The van der Waals surface area contributed by atoms with E-state index in [1.54, 1.807) is 40.9 Å². The van der Waals surface area contributed by atoms with E-state index in [0.717, 1.165) is 5.56 Å². The van der Waals surface area contributed by atoms with Crippen LogP contribution in [0.2, 0.25) is 0 Å². The molecule has 0 aromatic heterocycles. The molecule has 2 aromatic carbocycles. The quantitative estimate of drug-likeness (QED) is 0.353. The van der Waals surface area contributed by atoms with Crippen LogP contribution in [-0.2, 0) is 20.9 Å². The second kappa shape index (κ2) is 11.5. The second-order valence-corrected chi connectivity index (χ2v) is 13.0. The lowest BCUT2D eigenvalue weighted by atomic mass is 9.70. The number of nitrogens with zero attached hydrogens (tertiary/aromatic N) is 1. The van der Waals surface area contributed by atoms with Crippen molar-refractivity contribution in [2.75, 3.05) is 18.5 Å². The first-order valence-corrected chi connectivity index (χ1v) is 15.2. The topological polar surface area (TPSA) is 108 Å². The fourth-order valence-electron chi connectivity index (χ4n) is 6.38. The summed E-state index contributed by atoms with van der Waals surface area (Å²) in [5.41, 5.74) is 1.58. The molecule has 3 N–H and O–H groups in total. The number of ether oxygens (including phenoxy) is 1. The molecule has 3 unspecified atom stereocenters. The molecule has 0 saturated carbocycles. The van der Waals surface area contributed by atoms with Crippen LogP contribution in [-0.4, -0.2) is 67.8 Å². The van der Waals surface area contributed by atoms with E-state index in [-0.39, 0.29) is 34.4 Å². The van der Waals surface area contributed by atoms with Crippen molar-refractivity contribution in [1.29, 1.82) is 0 Å². The Bertz CT molecular complexity index is 1210. The molecule has 1 spiro atoms. The maximum atomic E-state index is 14.1. The highest BCUT2D eigenvalue weighted by molar-refractivity contribution is 9.09. The van der Waals surface area contributed by atoms with E-state index in [9.17, 15) is 19.5 Å². The number of thioether (sulfide) groups is 1. The molecule has 3 heterocycles. The van der Waals surface area contributed by atoms with Gasteiger partial charge in [0.15, 0.2) is 0 Å². The largest absolute Gasteiger partial charge is 0.494 e. The van der Waals surface area contributed by atoms with Crippen LogP contribution in [0, 0.1) is 11.8 Å². The first-order chi connectivity index (χ1) is 18.8. The van der Waals surface area contributed by atoms with Crippen LogP contribution in [0.1, 0.15) is 32.3 Å². The highest BCUT2D eigenvalue weighted by Gasteiger charge is 2.76. The Balaban J connectivity index is 1.44. The molecular formula is C29H34BrN3O5S. The summed E-state index contributed by atoms with van der Waals surface area (Å²) in [4.78, 5) is 43.3. The molecule has 39 heavy (non-hydrogen) atoms. The molecule has 8 nitrogen and oxygen atoms in total. The summed E-state index contributed by atoms with van der Waals surface area (Å²) in [6.45, 7) is 4.44. The van der Waals surface area contributed by atoms with E-state index in [1.165, 1.54) is 0 Å². The van der Waals surface area contributed by atoms with Crippen LogP contribution in [0.3, 0.4) is 0 Å². The van der Waals surface area contributed by atoms with Crippen LogP contribution in [0.5, 0.6) is 5.75 Å². The number of aliphatic hydroxyl groups excluding tert-OH is 1. The lowest BCUT2D eigenvalue weighted by Gasteiger charge is -2.37. The summed E-state index contributed by atoms with van der Waals surface area (Å²) in [5, 5.41) is 16.1. The summed E-state index contributed by atoms with van der Waals surface area (Å²) in [5.74, 6) is -1.26. The van der Waals surface area contributed by atoms with Gasteiger partial charge in [-0.05, 0) is 49.6 Å². The first kappa shape index (κ1) is 28.0. The number of aliphatic hydroxyl groups is 1. The number of halogens is 1. The lowest BCUT2D eigenvalue weighted by Crippen LogP contribution is -2.56. The van der Waals surface area contributed by atoms with Gasteiger partial charge in [0.05, 0.1) is 35.8 Å². The zero-order valence-corrected chi connectivity index (χ0v) is 24.4. The Morgan fingerprint density at radius 1 is 1.15 bits per heavy atom. The van der Waals surface area contributed by atoms with E-state index >= 15 is 0 Å². The number of nitrogens with one attached hydrogen (secondary N) is 2. The zero-order valence-electron chi connectivity index (χ0n) is 22.0. The van der Waals surface area contributed by atoms with Gasteiger partial charge in [0.25, 0.3) is 0 Å². The summed E-state index contributed by atoms with van der Waals surface area (Å²) in [7, 11) is 0. The number of likely N-dealkylation sites (tertiary alicyclic amines) is 1. The van der Waals surface area contributed by atoms with Crippen molar-refractivity contribution in [3.8, 4) is 5.75 Å². The van der Waals surface area contributed by atoms with Crippen molar-refractivity contribution in [2.24, 2.45) is 11.8 Å². The van der Waals surface area contributed by atoms with Gasteiger partial charge in [-0.3, -0.25) is 14.4 Å². The Hall–Kier alpha value is -2.56. The number of fused-ring (bicyclic) bond motifs is 1. The van der Waals surface area contributed by atoms with Gasteiger partial charge < -0.3 is 25.4 Å². The van der Waals surface area contributed by atoms with Crippen LogP contribution in [0.15, 0.2) is 54.6 Å². The molecule has 3 aliphatic heterocycles. The standard InChI is InChI=1S/C29H34BrN3O5S/c1-3-19(16-34)33-25(27(36)31-15-17-8-6-5-7-9-17)29-14-21(30)24(39-29)22(23(29)28(33)37)26(35)32-18-10-12-20(13-11-18)38-4-2/h5-13,19,21-25,34H,3-4,14-16H2,1-2H3,(H,31,36)(H,32,35)/t19-,21?,22+,23-,24+,25?,29?/m0/s1. The van der Waals surface area contributed by atoms with Gasteiger partial charge in [0, 0.05) is 22.3 Å². The average molecular weight is 617 g/mol. The predicted octanol–water partition coefficient (Wildman–Crippen LogP) is 3.58. The van der Waals surface area contributed by atoms with Crippen molar-refractivity contribution >= 4 is 51.1 Å². The van der Waals surface area contributed by atoms with Crippen molar-refractivity contribution in [2.45, 2.75) is 60.1 Å². The minimum atomic E-state index is -0.783. The van der Waals surface area contributed by atoms with Gasteiger partial charge in [-0.1, -0.05) is 53.2 Å². The van der Waals surface area contributed by atoms with Crippen LogP contribution < -0.4 is 15.4 Å². The molecule has 2 bridgehead atoms. The maximum Gasteiger partial charge on any atom is 0.244 e. The van der Waals surface area contributed by atoms with Gasteiger partial charge >= 0.3 is 0 Å². The Morgan fingerprint density at radius 2 is 1.87 bits per heavy atom. The van der Waals surface area contributed by atoms with Crippen LogP contribution in [0.4, 0.5) is 5.69 Å². The molecule has 7 atom stereocenters. The summed E-state index contributed by atoms with van der Waals surface area (Å²) in [6.07, 6.45) is 1.09. The minimum absolute atomic E-state index is 0.0267. The summed E-state index contributed by atoms with van der Waals surface area (Å²) in [6, 6.07) is 15.5. The highest BCUT2D eigenvalue weighted by Crippen LogP contribution is 2.68. The van der Waals surface area contributed by atoms with Gasteiger partial charge in [0.2, 0.25) is 17.7 Å². The number of anilines is 1. The van der Waals surface area contributed by atoms with Gasteiger partial charge in [-0.15, -0.1) is 11.8 Å². The molecule has 2 aromatic rings. The average Bonchev–Trinajstić information content (AvgIpc) is 3.53. The number of alkyl halides is 1. The third-order valence-electron chi connectivity index (χ3n) is 8.10. The van der Waals surface area contributed by atoms with E-state index in [0.29, 0.717) is 37.4 Å². The molecule has 3 saturated heterocycles. The Morgan fingerprint density at radius 3 is 2.51 bits per heavy atom. The van der Waals surface area contributed by atoms with E-state index in [2.05, 4.69) is 26.6 Å². The van der Waals surface area contributed by atoms with E-state index < -0.39 is 28.7 Å². The van der Waals surface area contributed by atoms with Crippen molar-refractivity contribution in [3.05, 3.63) is 60.2 Å². The van der Waals surface area contributed by atoms with Crippen LogP contribution >= 0.6 is 27.7 Å². The smallest absolute Gasteiger partial charge is 0.244 e. The summed E-state index contributed by atoms with van der Waals surface area (Å²) >= 11 is 5.37. The van der Waals surface area contributed by atoms with E-state index in [4.69, 9.17) is 4.74 Å². The molecule has 0 radical (unpaired) electrons. The lowest BCUT2D eigenvalue weighted by molar-refractivity contribution is -0.142.